The molecule has 6 nitrogen and oxygen atoms in total. The van der Waals surface area contributed by atoms with E-state index in [2.05, 4.69) is 9.97 Å². The molecule has 1 unspecified atom stereocenters. The Morgan fingerprint density at radius 1 is 1.29 bits per heavy atom. The number of benzene rings is 2. The van der Waals surface area contributed by atoms with Crippen LogP contribution in [0.25, 0.3) is 11.0 Å². The third-order valence-corrected chi connectivity index (χ3v) is 4.49. The molecule has 3 aromatic rings. The Hall–Kier alpha value is -3.23. The second kappa shape index (κ2) is 7.41. The number of halogens is 3. The summed E-state index contributed by atoms with van der Waals surface area (Å²) in [4.78, 5) is 20.8. The lowest BCUT2D eigenvalue weighted by Crippen LogP contribution is -2.27. The molecule has 0 spiro atoms. The van der Waals surface area contributed by atoms with E-state index >= 15 is 0 Å². The van der Waals surface area contributed by atoms with Crippen LogP contribution in [0.1, 0.15) is 18.0 Å². The molecule has 9 heteroatoms. The zero-order valence-corrected chi connectivity index (χ0v) is 14.6. The first kappa shape index (κ1) is 18.1. The number of H-pyrrole nitrogens is 1. The number of aromatic amines is 1. The van der Waals surface area contributed by atoms with Crippen LogP contribution in [-0.4, -0.2) is 35.7 Å². The predicted octanol–water partition coefficient (Wildman–Crippen LogP) is 4.43. The minimum absolute atomic E-state index is 0.0139. The normalized spacial score (nSPS) is 16.8. The Kier molecular flexibility index (Phi) is 4.81. The Morgan fingerprint density at radius 2 is 2.14 bits per heavy atom. The number of ether oxygens (including phenoxy) is 2. The van der Waals surface area contributed by atoms with E-state index < -0.39 is 30.8 Å². The van der Waals surface area contributed by atoms with E-state index in [0.717, 1.165) is 11.6 Å². The Bertz CT molecular complexity index is 1010. The Balaban J connectivity index is 1.59. The number of alkyl halides is 2. The number of carbonyl (C=O) groups is 1. The first-order valence-electron chi connectivity index (χ1n) is 8.62. The minimum atomic E-state index is -2.48. The molecule has 1 atom stereocenters. The van der Waals surface area contributed by atoms with E-state index in [4.69, 9.17) is 9.47 Å². The first-order chi connectivity index (χ1) is 13.5. The van der Waals surface area contributed by atoms with E-state index in [9.17, 15) is 18.0 Å². The highest BCUT2D eigenvalue weighted by molar-refractivity contribution is 5.93. The maximum atomic E-state index is 14.7. The highest BCUT2D eigenvalue weighted by Crippen LogP contribution is 2.36. The van der Waals surface area contributed by atoms with Crippen LogP contribution < -0.4 is 9.64 Å². The van der Waals surface area contributed by atoms with Crippen LogP contribution in [0, 0.1) is 5.82 Å². The van der Waals surface area contributed by atoms with Gasteiger partial charge in [-0.2, -0.15) is 0 Å². The second-order valence-electron chi connectivity index (χ2n) is 6.28. The van der Waals surface area contributed by atoms with Gasteiger partial charge in [-0.15, -0.1) is 0 Å². The van der Waals surface area contributed by atoms with Crippen molar-refractivity contribution in [3.8, 4) is 5.75 Å². The van der Waals surface area contributed by atoms with Crippen molar-refractivity contribution in [3.63, 3.8) is 0 Å². The fourth-order valence-electron chi connectivity index (χ4n) is 3.14. The number of hydrogen-bond donors (Lipinski definition) is 1. The molecule has 1 aliphatic rings. The number of nitrogens with zero attached hydrogens (tertiary/aromatic N) is 2. The summed E-state index contributed by atoms with van der Waals surface area (Å²) in [5, 5.41) is 0. The van der Waals surface area contributed by atoms with Gasteiger partial charge in [-0.05, 0) is 24.3 Å². The second-order valence-corrected chi connectivity index (χ2v) is 6.28. The number of hydrogen-bond acceptors (Lipinski definition) is 4. The van der Waals surface area contributed by atoms with E-state index in [-0.39, 0.29) is 24.5 Å². The van der Waals surface area contributed by atoms with Crippen molar-refractivity contribution >= 4 is 22.8 Å². The Labute approximate surface area is 157 Å². The van der Waals surface area contributed by atoms with E-state index in [1.165, 1.54) is 17.0 Å². The summed E-state index contributed by atoms with van der Waals surface area (Å²) in [5.41, 5.74) is 2.25. The van der Waals surface area contributed by atoms with Crippen molar-refractivity contribution in [2.24, 2.45) is 0 Å². The van der Waals surface area contributed by atoms with Crippen molar-refractivity contribution in [2.75, 3.05) is 18.1 Å². The smallest absolute Gasteiger partial charge is 0.415 e. The molecule has 0 aliphatic carbocycles. The summed E-state index contributed by atoms with van der Waals surface area (Å²) in [7, 11) is 0. The van der Waals surface area contributed by atoms with Crippen LogP contribution in [-0.2, 0) is 4.74 Å². The summed E-state index contributed by atoms with van der Waals surface area (Å²) in [6.45, 7) is -0.225. The molecule has 1 N–H and O–H groups in total. The zero-order chi connectivity index (χ0) is 19.7. The van der Waals surface area contributed by atoms with Crippen LogP contribution in [0.15, 0.2) is 42.7 Å². The van der Waals surface area contributed by atoms with Crippen molar-refractivity contribution in [1.82, 2.24) is 9.97 Å². The molecule has 4 rings (SSSR count). The van der Waals surface area contributed by atoms with Crippen molar-refractivity contribution in [1.29, 1.82) is 0 Å². The maximum Gasteiger partial charge on any atom is 0.415 e. The molecule has 1 saturated heterocycles. The molecule has 2 heterocycles. The van der Waals surface area contributed by atoms with Crippen LogP contribution >= 0.6 is 0 Å². The molecule has 0 bridgehead atoms. The lowest BCUT2D eigenvalue weighted by atomic mass is 10.0. The van der Waals surface area contributed by atoms with Crippen molar-refractivity contribution in [2.45, 2.75) is 18.9 Å². The van der Waals surface area contributed by atoms with Crippen molar-refractivity contribution < 1.29 is 27.4 Å². The van der Waals surface area contributed by atoms with Gasteiger partial charge in [0, 0.05) is 18.1 Å². The topological polar surface area (TPSA) is 67.5 Å². The van der Waals surface area contributed by atoms with Crippen LogP contribution in [0.2, 0.25) is 0 Å². The fraction of sp³-hybridized carbons (Fsp3) is 0.263. The van der Waals surface area contributed by atoms with Gasteiger partial charge in [0.05, 0.1) is 29.7 Å². The molecule has 0 saturated carbocycles. The highest BCUT2D eigenvalue weighted by Gasteiger charge is 2.37. The number of rotatable bonds is 6. The van der Waals surface area contributed by atoms with Gasteiger partial charge in [0.25, 0.3) is 0 Å². The molecule has 0 radical (unpaired) electrons. The van der Waals surface area contributed by atoms with Gasteiger partial charge in [-0.25, -0.2) is 22.9 Å². The SMILES string of the molecule is O=C1OCC(c2ccc(OCCC(F)F)cc2F)N1c1ccc2[nH]cnc2c1. The van der Waals surface area contributed by atoms with Gasteiger partial charge in [0.15, 0.2) is 0 Å². The zero-order valence-electron chi connectivity index (χ0n) is 14.6. The third kappa shape index (κ3) is 3.47. The standard InChI is InChI=1S/C19H16F3N3O3/c20-14-8-12(27-6-5-18(21)22)2-3-13(14)17-9-28-19(26)25(17)11-1-4-15-16(7-11)24-10-23-15/h1-4,7-8,10,17-18H,5-6,9H2,(H,23,24). The molecular formula is C19H16F3N3O3. The number of amides is 1. The summed E-state index contributed by atoms with van der Waals surface area (Å²) in [6.07, 6.45) is -1.96. The molecule has 1 amide bonds. The summed E-state index contributed by atoms with van der Waals surface area (Å²) >= 11 is 0. The van der Waals surface area contributed by atoms with Gasteiger partial charge in [0.2, 0.25) is 6.43 Å². The van der Waals surface area contributed by atoms with E-state index in [1.54, 1.807) is 24.5 Å². The highest BCUT2D eigenvalue weighted by atomic mass is 19.3. The van der Waals surface area contributed by atoms with Crippen molar-refractivity contribution in [3.05, 3.63) is 54.1 Å². The third-order valence-electron chi connectivity index (χ3n) is 4.49. The maximum absolute atomic E-state index is 14.7. The Morgan fingerprint density at radius 3 is 2.93 bits per heavy atom. The number of nitrogens with one attached hydrogen (secondary N) is 1. The number of fused-ring (bicyclic) bond motifs is 1. The lowest BCUT2D eigenvalue weighted by Gasteiger charge is -2.22. The number of anilines is 1. The lowest BCUT2D eigenvalue weighted by molar-refractivity contribution is 0.114. The molecule has 146 valence electrons. The average Bonchev–Trinajstić information content (AvgIpc) is 3.27. The summed E-state index contributed by atoms with van der Waals surface area (Å²) < 4.78 is 49.3. The fourth-order valence-corrected chi connectivity index (χ4v) is 3.14. The van der Waals surface area contributed by atoms with Crippen LogP contribution in [0.3, 0.4) is 0 Å². The molecule has 28 heavy (non-hydrogen) atoms. The number of imidazole rings is 1. The number of cyclic esters (lactones) is 1. The van der Waals surface area contributed by atoms with E-state index in [1.807, 2.05) is 0 Å². The molecular weight excluding hydrogens is 375 g/mol. The average molecular weight is 391 g/mol. The summed E-state index contributed by atoms with van der Waals surface area (Å²) in [6, 6.07) is 8.63. The number of aromatic nitrogens is 2. The minimum Gasteiger partial charge on any atom is -0.493 e. The molecule has 1 aliphatic heterocycles. The predicted molar refractivity (Wildman–Crippen MR) is 95.2 cm³/mol. The molecule has 2 aromatic carbocycles. The first-order valence-corrected chi connectivity index (χ1v) is 8.62. The summed E-state index contributed by atoms with van der Waals surface area (Å²) in [5.74, 6) is -0.458. The molecule has 1 aromatic heterocycles. The van der Waals surface area contributed by atoms with Gasteiger partial charge < -0.3 is 14.5 Å². The van der Waals surface area contributed by atoms with Crippen LogP contribution in [0.4, 0.5) is 23.7 Å². The largest absolute Gasteiger partial charge is 0.493 e. The van der Waals surface area contributed by atoms with Gasteiger partial charge in [0.1, 0.15) is 24.2 Å². The number of carbonyl (C=O) groups excluding carboxylic acids is 1. The van der Waals surface area contributed by atoms with Crippen LogP contribution in [0.5, 0.6) is 5.75 Å². The molecule has 1 fully saturated rings. The monoisotopic (exact) mass is 391 g/mol. The van der Waals surface area contributed by atoms with Gasteiger partial charge >= 0.3 is 6.09 Å². The quantitative estimate of drug-likeness (QED) is 0.675. The van der Waals surface area contributed by atoms with Gasteiger partial charge in [-0.3, -0.25) is 4.90 Å². The van der Waals surface area contributed by atoms with Gasteiger partial charge in [-0.1, -0.05) is 6.07 Å². The van der Waals surface area contributed by atoms with E-state index in [0.29, 0.717) is 11.2 Å².